The van der Waals surface area contributed by atoms with Crippen LogP contribution in [0.2, 0.25) is 0 Å². The number of nitrogens with zero attached hydrogens (tertiary/aromatic N) is 1. The lowest BCUT2D eigenvalue weighted by Crippen LogP contribution is -2.30. The minimum absolute atomic E-state index is 0.137. The summed E-state index contributed by atoms with van der Waals surface area (Å²) < 4.78 is 6.13. The quantitative estimate of drug-likeness (QED) is 0.874. The fourth-order valence-corrected chi connectivity index (χ4v) is 4.37. The van der Waals surface area contributed by atoms with Crippen molar-refractivity contribution in [3.63, 3.8) is 0 Å². The van der Waals surface area contributed by atoms with Gasteiger partial charge in [-0.15, -0.1) is 0 Å². The van der Waals surface area contributed by atoms with E-state index < -0.39 is 0 Å². The number of hydrogen-bond acceptors (Lipinski definition) is 4. The molecule has 0 radical (unpaired) electrons. The minimum atomic E-state index is 0.137. The standard InChI is InChI=1S/C17H24N2O2S/c20-17(18-7-12-1-2-12)6-15-5-14-9-19(10-16(14)21-15)8-13-3-4-22-11-13/h3-4,11-12,14-16H,1-2,5-10H2,(H,18,20)/t14-,15+,16+/m0/s1. The summed E-state index contributed by atoms with van der Waals surface area (Å²) in [5, 5.41) is 7.41. The van der Waals surface area contributed by atoms with Crippen LogP contribution in [-0.4, -0.2) is 42.6 Å². The third kappa shape index (κ3) is 3.53. The first-order valence-electron chi connectivity index (χ1n) is 8.42. The van der Waals surface area contributed by atoms with Crippen LogP contribution in [0.3, 0.4) is 0 Å². The Bertz CT molecular complexity index is 501. The molecule has 1 aromatic rings. The molecule has 2 aliphatic heterocycles. The molecule has 5 heteroatoms. The fourth-order valence-electron chi connectivity index (χ4n) is 3.71. The van der Waals surface area contributed by atoms with Gasteiger partial charge in [0.05, 0.1) is 18.6 Å². The van der Waals surface area contributed by atoms with Gasteiger partial charge in [-0.3, -0.25) is 9.69 Å². The average Bonchev–Trinajstić information content (AvgIpc) is 2.85. The average molecular weight is 320 g/mol. The number of thiophene rings is 1. The van der Waals surface area contributed by atoms with Crippen molar-refractivity contribution in [2.45, 2.75) is 44.4 Å². The number of carbonyl (C=O) groups is 1. The Hall–Kier alpha value is -0.910. The zero-order chi connectivity index (χ0) is 14.9. The normalized spacial score (nSPS) is 31.4. The van der Waals surface area contributed by atoms with Gasteiger partial charge in [0.25, 0.3) is 0 Å². The molecule has 1 N–H and O–H groups in total. The first kappa shape index (κ1) is 14.7. The van der Waals surface area contributed by atoms with Crippen LogP contribution in [0.5, 0.6) is 0 Å². The molecule has 22 heavy (non-hydrogen) atoms. The van der Waals surface area contributed by atoms with Crippen LogP contribution in [-0.2, 0) is 16.1 Å². The fraction of sp³-hybridized carbons (Fsp3) is 0.706. The highest BCUT2D eigenvalue weighted by atomic mass is 32.1. The predicted octanol–water partition coefficient (Wildman–Crippen LogP) is 2.25. The van der Waals surface area contributed by atoms with Crippen molar-refractivity contribution < 1.29 is 9.53 Å². The van der Waals surface area contributed by atoms with Gasteiger partial charge in [0, 0.05) is 32.1 Å². The minimum Gasteiger partial charge on any atom is -0.373 e. The SMILES string of the molecule is O=C(C[C@H]1C[C@H]2CN(Cc3ccsc3)C[C@H]2O1)NCC1CC1. The Morgan fingerprint density at radius 2 is 2.32 bits per heavy atom. The lowest BCUT2D eigenvalue weighted by molar-refractivity contribution is -0.123. The molecule has 120 valence electrons. The molecule has 0 unspecified atom stereocenters. The van der Waals surface area contributed by atoms with Crippen LogP contribution < -0.4 is 5.32 Å². The molecule has 3 atom stereocenters. The molecule has 0 bridgehead atoms. The topological polar surface area (TPSA) is 41.6 Å². The van der Waals surface area contributed by atoms with Gasteiger partial charge in [0.15, 0.2) is 0 Å². The van der Waals surface area contributed by atoms with Gasteiger partial charge in [-0.2, -0.15) is 11.3 Å². The molecule has 3 fully saturated rings. The number of rotatable bonds is 6. The van der Waals surface area contributed by atoms with E-state index in [1.165, 1.54) is 18.4 Å². The highest BCUT2D eigenvalue weighted by Crippen LogP contribution is 2.35. The van der Waals surface area contributed by atoms with Gasteiger partial charge in [-0.25, -0.2) is 0 Å². The number of hydrogen-bond donors (Lipinski definition) is 1. The second-order valence-electron chi connectivity index (χ2n) is 7.07. The number of fused-ring (bicyclic) bond motifs is 1. The summed E-state index contributed by atoms with van der Waals surface area (Å²) in [6.45, 7) is 4.03. The molecule has 1 aliphatic carbocycles. The smallest absolute Gasteiger partial charge is 0.222 e. The van der Waals surface area contributed by atoms with Crippen molar-refractivity contribution in [2.75, 3.05) is 19.6 Å². The van der Waals surface area contributed by atoms with Crippen molar-refractivity contribution in [2.24, 2.45) is 11.8 Å². The van der Waals surface area contributed by atoms with E-state index in [1.807, 2.05) is 0 Å². The van der Waals surface area contributed by atoms with Crippen LogP contribution in [0.1, 0.15) is 31.2 Å². The zero-order valence-corrected chi connectivity index (χ0v) is 13.7. The van der Waals surface area contributed by atoms with E-state index in [9.17, 15) is 4.79 Å². The van der Waals surface area contributed by atoms with Crippen molar-refractivity contribution >= 4 is 17.2 Å². The van der Waals surface area contributed by atoms with E-state index >= 15 is 0 Å². The molecule has 3 heterocycles. The molecule has 2 saturated heterocycles. The van der Waals surface area contributed by atoms with E-state index in [0.717, 1.165) is 38.5 Å². The maximum Gasteiger partial charge on any atom is 0.222 e. The summed E-state index contributed by atoms with van der Waals surface area (Å²) in [5.41, 5.74) is 1.40. The van der Waals surface area contributed by atoms with E-state index in [4.69, 9.17) is 4.74 Å². The van der Waals surface area contributed by atoms with Gasteiger partial charge in [-0.1, -0.05) is 0 Å². The predicted molar refractivity (Wildman–Crippen MR) is 86.7 cm³/mol. The van der Waals surface area contributed by atoms with Crippen LogP contribution in [0.4, 0.5) is 0 Å². The lowest BCUT2D eigenvalue weighted by atomic mass is 10.0. The molecular formula is C17H24N2O2S. The number of amides is 1. The van der Waals surface area contributed by atoms with Crippen molar-refractivity contribution in [1.82, 2.24) is 10.2 Å². The Balaban J connectivity index is 1.20. The molecule has 3 aliphatic rings. The Morgan fingerprint density at radius 1 is 1.41 bits per heavy atom. The van der Waals surface area contributed by atoms with Crippen LogP contribution in [0, 0.1) is 11.8 Å². The maximum atomic E-state index is 11.9. The van der Waals surface area contributed by atoms with E-state index in [1.54, 1.807) is 11.3 Å². The largest absolute Gasteiger partial charge is 0.373 e. The van der Waals surface area contributed by atoms with Crippen molar-refractivity contribution in [3.05, 3.63) is 22.4 Å². The van der Waals surface area contributed by atoms with E-state index in [-0.39, 0.29) is 12.0 Å². The third-order valence-electron chi connectivity index (χ3n) is 5.07. The van der Waals surface area contributed by atoms with Gasteiger partial charge in [0.2, 0.25) is 5.91 Å². The number of likely N-dealkylation sites (tertiary alicyclic amines) is 1. The Labute approximate surface area is 135 Å². The van der Waals surface area contributed by atoms with Gasteiger partial charge >= 0.3 is 0 Å². The lowest BCUT2D eigenvalue weighted by Gasteiger charge is -2.18. The Kier molecular flexibility index (Phi) is 4.20. The third-order valence-corrected chi connectivity index (χ3v) is 5.81. The number of carbonyl (C=O) groups excluding carboxylic acids is 1. The summed E-state index contributed by atoms with van der Waals surface area (Å²) in [5.74, 6) is 1.53. The molecule has 4 rings (SSSR count). The molecule has 1 saturated carbocycles. The van der Waals surface area contributed by atoms with Gasteiger partial charge in [-0.05, 0) is 47.6 Å². The molecule has 0 aromatic carbocycles. The highest BCUT2D eigenvalue weighted by molar-refractivity contribution is 7.07. The van der Waals surface area contributed by atoms with Crippen LogP contribution in [0.25, 0.3) is 0 Å². The molecular weight excluding hydrogens is 296 g/mol. The summed E-state index contributed by atoms with van der Waals surface area (Å²) in [6.07, 6.45) is 4.62. The number of ether oxygens (including phenoxy) is 1. The maximum absolute atomic E-state index is 11.9. The second-order valence-corrected chi connectivity index (χ2v) is 7.85. The monoisotopic (exact) mass is 320 g/mol. The molecule has 1 aromatic heterocycles. The zero-order valence-electron chi connectivity index (χ0n) is 12.9. The van der Waals surface area contributed by atoms with Crippen molar-refractivity contribution in [3.8, 4) is 0 Å². The van der Waals surface area contributed by atoms with Crippen LogP contribution >= 0.6 is 11.3 Å². The van der Waals surface area contributed by atoms with Gasteiger partial charge in [0.1, 0.15) is 0 Å². The van der Waals surface area contributed by atoms with E-state index in [0.29, 0.717) is 18.4 Å². The summed E-state index contributed by atoms with van der Waals surface area (Å²) in [4.78, 5) is 14.4. The summed E-state index contributed by atoms with van der Waals surface area (Å²) in [7, 11) is 0. The highest BCUT2D eigenvalue weighted by Gasteiger charge is 2.42. The first-order valence-corrected chi connectivity index (χ1v) is 9.36. The Morgan fingerprint density at radius 3 is 3.05 bits per heavy atom. The molecule has 0 spiro atoms. The van der Waals surface area contributed by atoms with Crippen molar-refractivity contribution in [1.29, 1.82) is 0 Å². The number of nitrogens with one attached hydrogen (secondary N) is 1. The summed E-state index contributed by atoms with van der Waals surface area (Å²) in [6, 6.07) is 2.20. The molecule has 4 nitrogen and oxygen atoms in total. The second kappa shape index (κ2) is 6.30. The summed E-state index contributed by atoms with van der Waals surface area (Å²) >= 11 is 1.76. The first-order chi connectivity index (χ1) is 10.8. The molecule has 1 amide bonds. The van der Waals surface area contributed by atoms with E-state index in [2.05, 4.69) is 27.0 Å². The van der Waals surface area contributed by atoms with Crippen LogP contribution in [0.15, 0.2) is 16.8 Å². The van der Waals surface area contributed by atoms with Gasteiger partial charge < -0.3 is 10.1 Å².